The molecule has 0 bridgehead atoms. The molecule has 1 aromatic carbocycles. The maximum absolute atomic E-state index is 13.2. The molecule has 0 fully saturated rings. The van der Waals surface area contributed by atoms with E-state index < -0.39 is 18.0 Å². The summed E-state index contributed by atoms with van der Waals surface area (Å²) in [6.07, 6.45) is -5.10. The number of rotatable bonds is 3. The maximum atomic E-state index is 13.2. The van der Waals surface area contributed by atoms with Crippen molar-refractivity contribution >= 4 is 22.2 Å². The van der Waals surface area contributed by atoms with E-state index in [0.717, 1.165) is 11.6 Å². The van der Waals surface area contributed by atoms with E-state index >= 15 is 0 Å². The predicted molar refractivity (Wildman–Crippen MR) is 84.5 cm³/mol. The van der Waals surface area contributed by atoms with Gasteiger partial charge in [-0.25, -0.2) is 4.98 Å². The number of nitrogens with zero attached hydrogens (tertiary/aromatic N) is 1. The molecule has 6 heteroatoms. The van der Waals surface area contributed by atoms with Crippen LogP contribution in [-0.4, -0.2) is 10.1 Å². The van der Waals surface area contributed by atoms with Crippen LogP contribution in [0.15, 0.2) is 41.1 Å². The van der Waals surface area contributed by atoms with Crippen molar-refractivity contribution in [2.75, 3.05) is 0 Å². The Hall–Kier alpha value is -1.92. The molecule has 3 rings (SSSR count). The molecule has 1 unspecified atom stereocenters. The second-order valence-corrected chi connectivity index (χ2v) is 6.00. The van der Waals surface area contributed by atoms with Crippen LogP contribution in [0.5, 0.6) is 0 Å². The molecule has 0 aliphatic rings. The quantitative estimate of drug-likeness (QED) is 0.733. The molecular formula is C17H14F3NOS. The number of aromatic nitrogens is 1. The molecule has 0 spiro atoms. The van der Waals surface area contributed by atoms with Crippen molar-refractivity contribution in [1.29, 1.82) is 0 Å². The van der Waals surface area contributed by atoms with Crippen molar-refractivity contribution < 1.29 is 18.3 Å². The third kappa shape index (κ3) is 2.96. The average molecular weight is 337 g/mol. The number of hydrogen-bond donors (Lipinski definition) is 1. The van der Waals surface area contributed by atoms with Gasteiger partial charge in [0.15, 0.2) is 0 Å². The highest BCUT2D eigenvalue weighted by Crippen LogP contribution is 2.36. The minimum Gasteiger partial charge on any atom is -0.384 e. The summed E-state index contributed by atoms with van der Waals surface area (Å²) < 4.78 is 39.6. The highest BCUT2D eigenvalue weighted by molar-refractivity contribution is 7.08. The van der Waals surface area contributed by atoms with E-state index in [-0.39, 0.29) is 5.56 Å². The van der Waals surface area contributed by atoms with Crippen LogP contribution < -0.4 is 0 Å². The molecule has 23 heavy (non-hydrogen) atoms. The molecule has 0 aliphatic heterocycles. The van der Waals surface area contributed by atoms with E-state index in [1.54, 1.807) is 35.0 Å². The number of fused-ring (bicyclic) bond motifs is 1. The van der Waals surface area contributed by atoms with Crippen molar-refractivity contribution in [1.82, 2.24) is 4.98 Å². The second-order valence-electron chi connectivity index (χ2n) is 5.22. The van der Waals surface area contributed by atoms with Gasteiger partial charge in [-0.15, -0.1) is 0 Å². The number of para-hydroxylation sites is 1. The highest BCUT2D eigenvalue weighted by Gasteiger charge is 2.34. The van der Waals surface area contributed by atoms with Crippen molar-refractivity contribution in [3.63, 3.8) is 0 Å². The number of aliphatic hydroxyl groups excluding tert-OH is 1. The van der Waals surface area contributed by atoms with Gasteiger partial charge in [0.05, 0.1) is 5.52 Å². The number of thiophene rings is 1. The molecule has 120 valence electrons. The first-order chi connectivity index (χ1) is 10.9. The average Bonchev–Trinajstić information content (AvgIpc) is 3.06. The minimum absolute atomic E-state index is 0.232. The first-order valence-electron chi connectivity index (χ1n) is 7.11. The summed E-state index contributed by atoms with van der Waals surface area (Å²) in [7, 11) is 0. The van der Waals surface area contributed by atoms with Gasteiger partial charge in [0.2, 0.25) is 0 Å². The second kappa shape index (κ2) is 5.94. The lowest BCUT2D eigenvalue weighted by molar-refractivity contribution is -0.141. The first kappa shape index (κ1) is 16.0. The van der Waals surface area contributed by atoms with Crippen LogP contribution in [0.25, 0.3) is 10.9 Å². The number of halogens is 3. The van der Waals surface area contributed by atoms with Gasteiger partial charge in [-0.1, -0.05) is 25.1 Å². The van der Waals surface area contributed by atoms with Gasteiger partial charge in [0.25, 0.3) is 0 Å². The normalized spacial score (nSPS) is 13.4. The van der Waals surface area contributed by atoms with Crippen molar-refractivity contribution in [3.05, 3.63) is 63.5 Å². The van der Waals surface area contributed by atoms with Crippen LogP contribution in [0.1, 0.15) is 35.4 Å². The fourth-order valence-corrected chi connectivity index (χ4v) is 3.28. The standard InChI is InChI=1S/C17H14F3NOS/c1-2-10-4-3-5-12-13(16(22)11-6-7-23-9-11)8-14(17(18,19)20)21-15(10)12/h3-9,16,22H,2H2,1H3. The summed E-state index contributed by atoms with van der Waals surface area (Å²) in [6.45, 7) is 1.87. The Morgan fingerprint density at radius 1 is 1.26 bits per heavy atom. The molecule has 2 heterocycles. The number of aryl methyl sites for hydroxylation is 1. The molecule has 0 saturated heterocycles. The number of benzene rings is 1. The van der Waals surface area contributed by atoms with Crippen LogP contribution >= 0.6 is 11.3 Å². The van der Waals surface area contributed by atoms with Crippen LogP contribution in [0.4, 0.5) is 13.2 Å². The smallest absolute Gasteiger partial charge is 0.384 e. The summed E-state index contributed by atoms with van der Waals surface area (Å²) in [5, 5.41) is 14.6. The Morgan fingerprint density at radius 3 is 2.65 bits per heavy atom. The SMILES string of the molecule is CCc1cccc2c(C(O)c3ccsc3)cc(C(F)(F)F)nc12. The van der Waals surface area contributed by atoms with Gasteiger partial charge in [0, 0.05) is 5.39 Å². The molecule has 3 aromatic rings. The number of aliphatic hydroxyl groups is 1. The van der Waals surface area contributed by atoms with Crippen LogP contribution in [0.2, 0.25) is 0 Å². The van der Waals surface area contributed by atoms with Crippen molar-refractivity contribution in [3.8, 4) is 0 Å². The van der Waals surface area contributed by atoms with Crippen molar-refractivity contribution in [2.24, 2.45) is 0 Å². The van der Waals surface area contributed by atoms with Gasteiger partial charge >= 0.3 is 6.18 Å². The molecule has 0 amide bonds. The zero-order valence-corrected chi connectivity index (χ0v) is 13.1. The van der Waals surface area contributed by atoms with Crippen LogP contribution in [0, 0.1) is 0 Å². The summed E-state index contributed by atoms with van der Waals surface area (Å²) in [5.74, 6) is 0. The Morgan fingerprint density at radius 2 is 2.04 bits per heavy atom. The number of pyridine rings is 1. The summed E-state index contributed by atoms with van der Waals surface area (Å²) in [4.78, 5) is 3.81. The Bertz CT molecular complexity index is 828. The van der Waals surface area contributed by atoms with E-state index in [2.05, 4.69) is 4.98 Å². The topological polar surface area (TPSA) is 33.1 Å². The molecule has 0 radical (unpaired) electrons. The molecule has 1 N–H and O–H groups in total. The van der Waals surface area contributed by atoms with Crippen LogP contribution in [0.3, 0.4) is 0 Å². The lowest BCUT2D eigenvalue weighted by Gasteiger charge is -2.17. The first-order valence-corrected chi connectivity index (χ1v) is 8.06. The largest absolute Gasteiger partial charge is 0.433 e. The van der Waals surface area contributed by atoms with E-state index in [0.29, 0.717) is 22.9 Å². The Kier molecular flexibility index (Phi) is 4.12. The molecule has 0 aliphatic carbocycles. The van der Waals surface area contributed by atoms with E-state index in [4.69, 9.17) is 0 Å². The van der Waals surface area contributed by atoms with E-state index in [1.165, 1.54) is 11.3 Å². The summed E-state index contributed by atoms with van der Waals surface area (Å²) in [5.41, 5.74) is 0.866. The highest BCUT2D eigenvalue weighted by atomic mass is 32.1. The third-order valence-corrected chi connectivity index (χ3v) is 4.48. The van der Waals surface area contributed by atoms with Gasteiger partial charge in [-0.05, 0) is 46.0 Å². The Labute approximate surface area is 135 Å². The zero-order valence-electron chi connectivity index (χ0n) is 12.3. The van der Waals surface area contributed by atoms with Gasteiger partial charge in [-0.2, -0.15) is 24.5 Å². The third-order valence-electron chi connectivity index (χ3n) is 3.78. The molecule has 0 saturated carbocycles. The number of alkyl halides is 3. The lowest BCUT2D eigenvalue weighted by atomic mass is 9.96. The van der Waals surface area contributed by atoms with Crippen LogP contribution in [-0.2, 0) is 12.6 Å². The van der Waals surface area contributed by atoms with Gasteiger partial charge in [-0.3, -0.25) is 0 Å². The summed E-state index contributed by atoms with van der Waals surface area (Å²) >= 11 is 1.39. The molecular weight excluding hydrogens is 323 g/mol. The summed E-state index contributed by atoms with van der Waals surface area (Å²) in [6, 6.07) is 7.89. The van der Waals surface area contributed by atoms with E-state index in [1.807, 2.05) is 6.92 Å². The monoisotopic (exact) mass is 337 g/mol. The predicted octanol–water partition coefficient (Wildman–Crippen LogP) is 4.96. The number of hydrogen-bond acceptors (Lipinski definition) is 3. The Balaban J connectivity index is 2.30. The van der Waals surface area contributed by atoms with E-state index in [9.17, 15) is 18.3 Å². The zero-order chi connectivity index (χ0) is 16.6. The fraction of sp³-hybridized carbons (Fsp3) is 0.235. The molecule has 2 nitrogen and oxygen atoms in total. The fourth-order valence-electron chi connectivity index (χ4n) is 2.60. The van der Waals surface area contributed by atoms with Gasteiger partial charge < -0.3 is 5.11 Å². The molecule has 1 atom stereocenters. The minimum atomic E-state index is -4.56. The maximum Gasteiger partial charge on any atom is 0.433 e. The van der Waals surface area contributed by atoms with Crippen molar-refractivity contribution in [2.45, 2.75) is 25.6 Å². The lowest BCUT2D eigenvalue weighted by Crippen LogP contribution is -2.11. The molecule has 2 aromatic heterocycles. The van der Waals surface area contributed by atoms with Gasteiger partial charge in [0.1, 0.15) is 11.8 Å².